The largest absolute Gasteiger partial charge is 0.481 e. The van der Waals surface area contributed by atoms with Crippen LogP contribution in [-0.4, -0.2) is 30.0 Å². The molecule has 3 nitrogen and oxygen atoms in total. The number of hydrogen-bond acceptors (Lipinski definition) is 2. The molecule has 0 aromatic rings. The number of carboxylic acids is 1. The highest BCUT2D eigenvalue weighted by Crippen LogP contribution is 2.57. The Morgan fingerprint density at radius 3 is 2.40 bits per heavy atom. The first-order chi connectivity index (χ1) is 6.77. The molecule has 0 spiro atoms. The molecule has 88 valence electrons. The molecule has 1 fully saturated rings. The van der Waals surface area contributed by atoms with Gasteiger partial charge in [0.05, 0.1) is 24.5 Å². The molecule has 0 aromatic carbocycles. The van der Waals surface area contributed by atoms with E-state index in [-0.39, 0.29) is 19.3 Å². The van der Waals surface area contributed by atoms with Crippen molar-refractivity contribution in [3.05, 3.63) is 0 Å². The topological polar surface area (TPSA) is 46.5 Å². The van der Waals surface area contributed by atoms with Crippen molar-refractivity contribution in [3.8, 4) is 0 Å². The lowest BCUT2D eigenvalue weighted by Crippen LogP contribution is -2.31. The van der Waals surface area contributed by atoms with Gasteiger partial charge in [0.15, 0.2) is 0 Å². The van der Waals surface area contributed by atoms with E-state index in [9.17, 15) is 18.0 Å². The first-order valence-corrected chi connectivity index (χ1v) is 4.67. The number of aliphatic carboxylic acids is 1. The molecule has 1 aliphatic carbocycles. The number of carboxylic acid groups (broad SMARTS) is 1. The molecule has 6 heteroatoms. The summed E-state index contributed by atoms with van der Waals surface area (Å²) in [4.78, 5) is 10.2. The molecular formula is C9H13F3O3. The number of carbonyl (C=O) groups is 1. The third kappa shape index (κ3) is 3.09. The fourth-order valence-electron chi connectivity index (χ4n) is 1.27. The maximum absolute atomic E-state index is 12.4. The zero-order chi connectivity index (χ0) is 11.7. The van der Waals surface area contributed by atoms with E-state index in [2.05, 4.69) is 0 Å². The zero-order valence-electron chi connectivity index (χ0n) is 8.30. The first-order valence-electron chi connectivity index (χ1n) is 4.67. The quantitative estimate of drug-likeness (QED) is 0.781. The van der Waals surface area contributed by atoms with E-state index >= 15 is 0 Å². The van der Waals surface area contributed by atoms with Gasteiger partial charge in [-0.05, 0) is 19.8 Å². The van der Waals surface area contributed by atoms with Gasteiger partial charge in [0, 0.05) is 0 Å². The third-order valence-corrected chi connectivity index (χ3v) is 2.56. The molecule has 0 aromatic heterocycles. The van der Waals surface area contributed by atoms with E-state index in [1.807, 2.05) is 0 Å². The van der Waals surface area contributed by atoms with Gasteiger partial charge in [0.2, 0.25) is 0 Å². The minimum atomic E-state index is -4.24. The average molecular weight is 226 g/mol. The van der Waals surface area contributed by atoms with E-state index in [1.54, 1.807) is 0 Å². The van der Waals surface area contributed by atoms with Crippen molar-refractivity contribution in [1.82, 2.24) is 0 Å². The lowest BCUT2D eigenvalue weighted by atomic mass is 10.1. The summed E-state index contributed by atoms with van der Waals surface area (Å²) in [6.45, 7) is 1.03. The Balaban J connectivity index is 2.34. The Kier molecular flexibility index (Phi) is 3.28. The highest BCUT2D eigenvalue weighted by atomic mass is 19.4. The maximum Gasteiger partial charge on any atom is 0.396 e. The summed E-state index contributed by atoms with van der Waals surface area (Å²) < 4.78 is 42.1. The summed E-state index contributed by atoms with van der Waals surface area (Å²) in [7, 11) is 0. The predicted octanol–water partition coefficient (Wildman–Crippen LogP) is 2.21. The smallest absolute Gasteiger partial charge is 0.396 e. The second kappa shape index (κ2) is 4.00. The summed E-state index contributed by atoms with van der Waals surface area (Å²) in [5.41, 5.74) is -1.71. The maximum atomic E-state index is 12.4. The molecule has 0 bridgehead atoms. The second-order valence-electron chi connectivity index (χ2n) is 4.00. The molecule has 1 saturated carbocycles. The molecule has 15 heavy (non-hydrogen) atoms. The van der Waals surface area contributed by atoms with Crippen molar-refractivity contribution in [1.29, 1.82) is 0 Å². The molecule has 0 saturated heterocycles. The van der Waals surface area contributed by atoms with Crippen molar-refractivity contribution in [2.75, 3.05) is 6.61 Å². The summed E-state index contributed by atoms with van der Waals surface area (Å²) in [5, 5.41) is 8.39. The molecule has 0 radical (unpaired) electrons. The monoisotopic (exact) mass is 226 g/mol. The van der Waals surface area contributed by atoms with Crippen LogP contribution in [0.1, 0.15) is 26.2 Å². The van der Waals surface area contributed by atoms with Crippen LogP contribution < -0.4 is 0 Å². The summed E-state index contributed by atoms with van der Waals surface area (Å²) in [6.07, 6.45) is -5.03. The molecule has 1 N–H and O–H groups in total. The number of halogens is 3. The van der Waals surface area contributed by atoms with Crippen LogP contribution in [0.4, 0.5) is 13.2 Å². The molecule has 1 rings (SSSR count). The Bertz CT molecular complexity index is 245. The fraction of sp³-hybridized carbons (Fsp3) is 0.889. The van der Waals surface area contributed by atoms with Crippen molar-refractivity contribution >= 4 is 5.97 Å². The lowest BCUT2D eigenvalue weighted by molar-refractivity contribution is -0.205. The van der Waals surface area contributed by atoms with Gasteiger partial charge >= 0.3 is 12.1 Å². The van der Waals surface area contributed by atoms with Crippen LogP contribution in [0.3, 0.4) is 0 Å². The van der Waals surface area contributed by atoms with Gasteiger partial charge in [-0.15, -0.1) is 0 Å². The highest BCUT2D eigenvalue weighted by molar-refractivity contribution is 5.67. The molecule has 1 unspecified atom stereocenters. The Hall–Kier alpha value is -0.780. The van der Waals surface area contributed by atoms with E-state index in [4.69, 9.17) is 9.84 Å². The number of hydrogen-bond donors (Lipinski definition) is 1. The van der Waals surface area contributed by atoms with Crippen LogP contribution in [0.2, 0.25) is 0 Å². The van der Waals surface area contributed by atoms with Crippen molar-refractivity contribution in [2.24, 2.45) is 5.41 Å². The molecule has 1 atom stereocenters. The molecule has 0 amide bonds. The number of rotatable bonds is 5. The van der Waals surface area contributed by atoms with Gasteiger partial charge in [-0.25, -0.2) is 0 Å². The van der Waals surface area contributed by atoms with Gasteiger partial charge in [-0.3, -0.25) is 4.79 Å². The molecule has 0 aliphatic heterocycles. The standard InChI is InChI=1S/C9H13F3O3/c1-6(4-7(13)14)15-5-8(2-3-8)9(10,11)12/h6H,2-5H2,1H3,(H,13,14). The fourth-order valence-corrected chi connectivity index (χ4v) is 1.27. The Morgan fingerprint density at radius 1 is 1.53 bits per heavy atom. The SMILES string of the molecule is CC(CC(=O)O)OCC1(C(F)(F)F)CC1. The average Bonchev–Trinajstić information content (AvgIpc) is 2.78. The van der Waals surface area contributed by atoms with Crippen LogP contribution in [0.5, 0.6) is 0 Å². The van der Waals surface area contributed by atoms with Crippen molar-refractivity contribution in [2.45, 2.75) is 38.5 Å². The summed E-state index contributed by atoms with van der Waals surface area (Å²) in [6, 6.07) is 0. The van der Waals surface area contributed by atoms with Crippen LogP contribution in [0, 0.1) is 5.41 Å². The van der Waals surface area contributed by atoms with Gasteiger partial charge in [-0.2, -0.15) is 13.2 Å². The van der Waals surface area contributed by atoms with Gasteiger partial charge in [-0.1, -0.05) is 0 Å². The minimum absolute atomic E-state index is 0.0797. The molecular weight excluding hydrogens is 213 g/mol. The normalized spacial score (nSPS) is 21.1. The van der Waals surface area contributed by atoms with E-state index < -0.39 is 30.3 Å². The van der Waals surface area contributed by atoms with Crippen LogP contribution in [0.15, 0.2) is 0 Å². The number of alkyl halides is 3. The predicted molar refractivity (Wildman–Crippen MR) is 45.4 cm³/mol. The lowest BCUT2D eigenvalue weighted by Gasteiger charge is -2.21. The second-order valence-corrected chi connectivity index (χ2v) is 4.00. The van der Waals surface area contributed by atoms with Crippen LogP contribution in [-0.2, 0) is 9.53 Å². The van der Waals surface area contributed by atoms with Crippen molar-refractivity contribution in [3.63, 3.8) is 0 Å². The number of ether oxygens (including phenoxy) is 1. The third-order valence-electron chi connectivity index (χ3n) is 2.56. The van der Waals surface area contributed by atoms with Gasteiger partial charge in [0.25, 0.3) is 0 Å². The van der Waals surface area contributed by atoms with Crippen LogP contribution in [0.25, 0.3) is 0 Å². The minimum Gasteiger partial charge on any atom is -0.481 e. The van der Waals surface area contributed by atoms with Crippen LogP contribution >= 0.6 is 0 Å². The summed E-state index contributed by atoms with van der Waals surface area (Å²) in [5.74, 6) is -1.07. The Labute approximate surface area is 85.2 Å². The van der Waals surface area contributed by atoms with E-state index in [1.165, 1.54) is 6.92 Å². The highest BCUT2D eigenvalue weighted by Gasteiger charge is 2.63. The van der Waals surface area contributed by atoms with Gasteiger partial charge in [0.1, 0.15) is 0 Å². The zero-order valence-corrected chi connectivity index (χ0v) is 8.30. The first kappa shape index (κ1) is 12.3. The van der Waals surface area contributed by atoms with Gasteiger partial charge < -0.3 is 9.84 Å². The Morgan fingerprint density at radius 2 is 2.07 bits per heavy atom. The van der Waals surface area contributed by atoms with Crippen molar-refractivity contribution < 1.29 is 27.8 Å². The molecule has 1 aliphatic rings. The molecule has 0 heterocycles. The van der Waals surface area contributed by atoms with E-state index in [0.717, 1.165) is 0 Å². The summed E-state index contributed by atoms with van der Waals surface area (Å²) >= 11 is 0. The van der Waals surface area contributed by atoms with E-state index in [0.29, 0.717) is 0 Å².